The summed E-state index contributed by atoms with van der Waals surface area (Å²) in [5.41, 5.74) is 3.50. The lowest BCUT2D eigenvalue weighted by Crippen LogP contribution is -1.94. The van der Waals surface area contributed by atoms with Gasteiger partial charge in [-0.15, -0.1) is 0 Å². The normalized spacial score (nSPS) is 10.9. The molecule has 0 aliphatic heterocycles. The lowest BCUT2D eigenvalue weighted by Gasteiger charge is -2.02. The van der Waals surface area contributed by atoms with Crippen molar-refractivity contribution in [1.82, 2.24) is 9.97 Å². The average molecular weight is 406 g/mol. The van der Waals surface area contributed by atoms with Crippen molar-refractivity contribution in [3.05, 3.63) is 44.2 Å². The Morgan fingerprint density at radius 1 is 1.26 bits per heavy atom. The van der Waals surface area contributed by atoms with Gasteiger partial charge in [0.25, 0.3) is 0 Å². The molecule has 0 unspecified atom stereocenters. The van der Waals surface area contributed by atoms with Gasteiger partial charge in [-0.1, -0.05) is 11.6 Å². The van der Waals surface area contributed by atoms with E-state index in [9.17, 15) is 5.11 Å². The van der Waals surface area contributed by atoms with Gasteiger partial charge in [-0.25, -0.2) is 4.98 Å². The summed E-state index contributed by atoms with van der Waals surface area (Å²) >= 11 is 12.2. The molecule has 5 nitrogen and oxygen atoms in total. The molecule has 2 rings (SSSR count). The highest BCUT2D eigenvalue weighted by molar-refractivity contribution is 9.11. The summed E-state index contributed by atoms with van der Waals surface area (Å²) in [4.78, 5) is 7.84. The third-order valence-electron chi connectivity index (χ3n) is 2.04. The van der Waals surface area contributed by atoms with Gasteiger partial charge in [-0.2, -0.15) is 5.10 Å². The van der Waals surface area contributed by atoms with E-state index in [1.807, 2.05) is 0 Å². The van der Waals surface area contributed by atoms with Crippen LogP contribution in [0.3, 0.4) is 0 Å². The third kappa shape index (κ3) is 3.89. The number of aromatic hydroxyl groups is 1. The molecule has 1 heterocycles. The van der Waals surface area contributed by atoms with Gasteiger partial charge in [0.15, 0.2) is 5.82 Å². The molecule has 0 aliphatic rings. The van der Waals surface area contributed by atoms with Crippen molar-refractivity contribution < 1.29 is 5.11 Å². The second kappa shape index (κ2) is 6.31. The van der Waals surface area contributed by atoms with E-state index in [4.69, 9.17) is 11.6 Å². The summed E-state index contributed by atoms with van der Waals surface area (Å²) in [5.74, 6) is 0.589. The number of rotatable bonds is 3. The molecule has 0 atom stereocenters. The fraction of sp³-hybridized carbons (Fsp3) is 0. The lowest BCUT2D eigenvalue weighted by molar-refractivity contribution is 0.468. The molecule has 0 saturated carbocycles. The van der Waals surface area contributed by atoms with E-state index in [0.29, 0.717) is 14.8 Å². The zero-order chi connectivity index (χ0) is 13.8. The first-order chi connectivity index (χ1) is 9.06. The van der Waals surface area contributed by atoms with Crippen LogP contribution in [0.2, 0.25) is 5.15 Å². The van der Waals surface area contributed by atoms with Crippen LogP contribution in [0.1, 0.15) is 5.56 Å². The van der Waals surface area contributed by atoms with E-state index in [-0.39, 0.29) is 10.9 Å². The van der Waals surface area contributed by atoms with E-state index in [2.05, 4.69) is 52.4 Å². The number of nitrogens with one attached hydrogen (secondary N) is 1. The van der Waals surface area contributed by atoms with Gasteiger partial charge in [-0.3, -0.25) is 10.4 Å². The maximum Gasteiger partial charge on any atom is 0.166 e. The van der Waals surface area contributed by atoms with Crippen LogP contribution in [0.4, 0.5) is 5.82 Å². The van der Waals surface area contributed by atoms with Crippen molar-refractivity contribution in [2.24, 2.45) is 5.10 Å². The largest absolute Gasteiger partial charge is 0.506 e. The maximum atomic E-state index is 9.58. The first-order valence-electron chi connectivity index (χ1n) is 5.01. The maximum absolute atomic E-state index is 9.58. The molecule has 2 N–H and O–H groups in total. The molecule has 0 radical (unpaired) electrons. The molecule has 2 aromatic rings. The fourth-order valence-corrected chi connectivity index (χ4v) is 2.60. The number of phenols is 1. The van der Waals surface area contributed by atoms with Crippen LogP contribution in [0.5, 0.6) is 5.75 Å². The first kappa shape index (κ1) is 14.2. The molecular weight excluding hydrogens is 399 g/mol. The van der Waals surface area contributed by atoms with E-state index >= 15 is 0 Å². The zero-order valence-corrected chi connectivity index (χ0v) is 13.2. The number of benzene rings is 1. The molecule has 1 aromatic carbocycles. The van der Waals surface area contributed by atoms with E-state index < -0.39 is 0 Å². The van der Waals surface area contributed by atoms with Gasteiger partial charge in [0.05, 0.1) is 27.6 Å². The van der Waals surface area contributed by atoms with E-state index in [0.717, 1.165) is 5.56 Å². The van der Waals surface area contributed by atoms with Gasteiger partial charge in [0.1, 0.15) is 10.9 Å². The number of anilines is 1. The average Bonchev–Trinajstić information content (AvgIpc) is 2.36. The minimum Gasteiger partial charge on any atom is -0.506 e. The van der Waals surface area contributed by atoms with Gasteiger partial charge in [0, 0.05) is 0 Å². The van der Waals surface area contributed by atoms with Crippen LogP contribution in [-0.4, -0.2) is 21.3 Å². The Labute approximate surface area is 131 Å². The highest BCUT2D eigenvalue weighted by Gasteiger charge is 2.04. The van der Waals surface area contributed by atoms with Crippen molar-refractivity contribution in [3.63, 3.8) is 0 Å². The molecule has 0 saturated heterocycles. The Kier molecular flexibility index (Phi) is 4.73. The molecular formula is C11H7Br2ClN4O. The fourth-order valence-electron chi connectivity index (χ4n) is 1.23. The number of hydrazone groups is 1. The topological polar surface area (TPSA) is 70.4 Å². The third-order valence-corrected chi connectivity index (χ3v) is 3.43. The summed E-state index contributed by atoms with van der Waals surface area (Å²) in [6.07, 6.45) is 4.52. The lowest BCUT2D eigenvalue weighted by atomic mass is 10.2. The van der Waals surface area contributed by atoms with Crippen LogP contribution >= 0.6 is 43.5 Å². The van der Waals surface area contributed by atoms with E-state index in [1.165, 1.54) is 12.4 Å². The van der Waals surface area contributed by atoms with Gasteiger partial charge >= 0.3 is 0 Å². The molecule has 98 valence electrons. The smallest absolute Gasteiger partial charge is 0.166 e. The number of phenolic OH excluding ortho intramolecular Hbond substituents is 1. The minimum atomic E-state index is 0.144. The molecule has 0 spiro atoms. The number of hydrogen-bond donors (Lipinski definition) is 2. The molecule has 19 heavy (non-hydrogen) atoms. The summed E-state index contributed by atoms with van der Waals surface area (Å²) < 4.78 is 1.15. The van der Waals surface area contributed by atoms with Gasteiger partial charge in [-0.05, 0) is 49.6 Å². The first-order valence-corrected chi connectivity index (χ1v) is 6.97. The summed E-state index contributed by atoms with van der Waals surface area (Å²) in [7, 11) is 0. The van der Waals surface area contributed by atoms with Crippen LogP contribution in [0.25, 0.3) is 0 Å². The standard InChI is InChI=1S/C11H7Br2ClN4O/c12-7-1-6(2-8(13)11(7)19)3-16-18-10-5-15-4-9(14)17-10/h1-5,19H,(H,17,18)/b16-3+. The Morgan fingerprint density at radius 3 is 2.58 bits per heavy atom. The predicted molar refractivity (Wildman–Crippen MR) is 81.8 cm³/mol. The van der Waals surface area contributed by atoms with Crippen molar-refractivity contribution in [1.29, 1.82) is 0 Å². The van der Waals surface area contributed by atoms with E-state index in [1.54, 1.807) is 18.3 Å². The summed E-state index contributed by atoms with van der Waals surface area (Å²) in [6.45, 7) is 0. The summed E-state index contributed by atoms with van der Waals surface area (Å²) in [5, 5.41) is 13.9. The number of halogens is 3. The highest BCUT2D eigenvalue weighted by atomic mass is 79.9. The molecule has 1 aromatic heterocycles. The van der Waals surface area contributed by atoms with Crippen molar-refractivity contribution >= 4 is 55.5 Å². The highest BCUT2D eigenvalue weighted by Crippen LogP contribution is 2.32. The van der Waals surface area contributed by atoms with Gasteiger partial charge < -0.3 is 5.11 Å². The number of aromatic nitrogens is 2. The summed E-state index contributed by atoms with van der Waals surface area (Å²) in [6, 6.07) is 3.46. The Balaban J connectivity index is 2.11. The van der Waals surface area contributed by atoms with Crippen LogP contribution in [0.15, 0.2) is 38.6 Å². The molecule has 0 aliphatic carbocycles. The molecule has 8 heteroatoms. The van der Waals surface area contributed by atoms with Crippen LogP contribution in [-0.2, 0) is 0 Å². The predicted octanol–water partition coefficient (Wildman–Crippen LogP) is 3.81. The Hall–Kier alpha value is -1.18. The quantitative estimate of drug-likeness (QED) is 0.601. The number of hydrogen-bond acceptors (Lipinski definition) is 5. The monoisotopic (exact) mass is 404 g/mol. The molecule has 0 bridgehead atoms. The Morgan fingerprint density at radius 2 is 1.95 bits per heavy atom. The van der Waals surface area contributed by atoms with Crippen molar-refractivity contribution in [3.8, 4) is 5.75 Å². The molecule has 0 fully saturated rings. The zero-order valence-electron chi connectivity index (χ0n) is 9.31. The number of nitrogens with zero attached hydrogens (tertiary/aromatic N) is 3. The second-order valence-corrected chi connectivity index (χ2v) is 5.53. The van der Waals surface area contributed by atoms with Crippen molar-refractivity contribution in [2.45, 2.75) is 0 Å². The van der Waals surface area contributed by atoms with Gasteiger partial charge in [0.2, 0.25) is 0 Å². The Bertz CT molecular complexity index is 613. The molecule has 0 amide bonds. The minimum absolute atomic E-state index is 0.144. The SMILES string of the molecule is Oc1c(Br)cc(/C=N/Nc2cncc(Cl)n2)cc1Br. The second-order valence-electron chi connectivity index (χ2n) is 3.43. The van der Waals surface area contributed by atoms with Crippen LogP contribution < -0.4 is 5.43 Å². The van der Waals surface area contributed by atoms with Crippen LogP contribution in [0, 0.1) is 0 Å². The van der Waals surface area contributed by atoms with Crippen molar-refractivity contribution in [2.75, 3.05) is 5.43 Å².